The van der Waals surface area contributed by atoms with Gasteiger partial charge in [-0.05, 0) is 67.0 Å². The number of aryl methyl sites for hydroxylation is 1. The zero-order valence-electron chi connectivity index (χ0n) is 13.5. The highest BCUT2D eigenvalue weighted by Crippen LogP contribution is 2.43. The molecule has 0 radical (unpaired) electrons. The second kappa shape index (κ2) is 5.61. The fourth-order valence-corrected chi connectivity index (χ4v) is 3.18. The molecule has 0 aromatic carbocycles. The van der Waals surface area contributed by atoms with E-state index in [1.807, 2.05) is 30.9 Å². The predicted octanol–water partition coefficient (Wildman–Crippen LogP) is 3.95. The summed E-state index contributed by atoms with van der Waals surface area (Å²) in [4.78, 5) is 8.88. The molecule has 1 saturated carbocycles. The van der Waals surface area contributed by atoms with Gasteiger partial charge < -0.3 is 0 Å². The minimum absolute atomic E-state index is 0.729. The van der Waals surface area contributed by atoms with Crippen molar-refractivity contribution in [3.63, 3.8) is 0 Å². The monoisotopic (exact) mass is 304 g/mol. The van der Waals surface area contributed by atoms with Crippen molar-refractivity contribution in [1.82, 2.24) is 20.2 Å². The molecule has 116 valence electrons. The number of nitrogens with zero attached hydrogens (tertiary/aromatic N) is 3. The molecule has 1 N–H and O–H groups in total. The number of H-pyrrole nitrogens is 1. The first-order chi connectivity index (χ1) is 11.2. The van der Waals surface area contributed by atoms with Gasteiger partial charge in [0.15, 0.2) is 0 Å². The van der Waals surface area contributed by atoms with Crippen molar-refractivity contribution in [1.29, 1.82) is 0 Å². The number of rotatable bonds is 4. The van der Waals surface area contributed by atoms with Gasteiger partial charge in [0, 0.05) is 36.3 Å². The van der Waals surface area contributed by atoms with Crippen LogP contribution < -0.4 is 0 Å². The van der Waals surface area contributed by atoms with Crippen LogP contribution in [0.2, 0.25) is 0 Å². The summed E-state index contributed by atoms with van der Waals surface area (Å²) < 4.78 is 0. The minimum atomic E-state index is 0.729. The lowest BCUT2D eigenvalue weighted by atomic mass is 9.97. The largest absolute Gasteiger partial charge is 0.282 e. The van der Waals surface area contributed by atoms with E-state index in [1.165, 1.54) is 35.1 Å². The summed E-state index contributed by atoms with van der Waals surface area (Å²) in [5, 5.41) is 7.42. The summed E-state index contributed by atoms with van der Waals surface area (Å²) in [5.41, 5.74) is 8.46. The topological polar surface area (TPSA) is 54.5 Å². The molecule has 0 atom stereocenters. The lowest BCUT2D eigenvalue weighted by Gasteiger charge is -2.11. The number of pyridine rings is 2. The van der Waals surface area contributed by atoms with Crippen LogP contribution in [0.3, 0.4) is 0 Å². The molecule has 3 heterocycles. The Kier molecular flexibility index (Phi) is 3.45. The van der Waals surface area contributed by atoms with E-state index in [-0.39, 0.29) is 0 Å². The summed E-state index contributed by atoms with van der Waals surface area (Å²) in [6, 6.07) is 4.21. The Bertz CT molecular complexity index is 846. The summed E-state index contributed by atoms with van der Waals surface area (Å²) in [7, 11) is 0. The highest BCUT2D eigenvalue weighted by atomic mass is 15.1. The van der Waals surface area contributed by atoms with E-state index in [1.54, 1.807) is 0 Å². The first-order valence-corrected chi connectivity index (χ1v) is 8.11. The van der Waals surface area contributed by atoms with E-state index < -0.39 is 0 Å². The quantitative estimate of drug-likeness (QED) is 0.794. The molecule has 3 aromatic rings. The number of nitrogens with one attached hydrogen (secondary N) is 1. The molecule has 4 rings (SSSR count). The molecule has 23 heavy (non-hydrogen) atoms. The van der Waals surface area contributed by atoms with Crippen LogP contribution in [0.5, 0.6) is 0 Å². The van der Waals surface area contributed by atoms with Crippen LogP contribution >= 0.6 is 0 Å². The van der Waals surface area contributed by atoms with E-state index >= 15 is 0 Å². The molecular formula is C19H20N4. The molecule has 1 aliphatic rings. The molecule has 3 aromatic heterocycles. The van der Waals surface area contributed by atoms with Crippen LogP contribution in [0.1, 0.15) is 46.7 Å². The van der Waals surface area contributed by atoms with Gasteiger partial charge in [-0.2, -0.15) is 5.10 Å². The third kappa shape index (κ3) is 2.65. The summed E-state index contributed by atoms with van der Waals surface area (Å²) in [5.74, 6) is 0.729. The van der Waals surface area contributed by atoms with Gasteiger partial charge in [-0.1, -0.05) is 0 Å². The van der Waals surface area contributed by atoms with E-state index in [2.05, 4.69) is 40.1 Å². The van der Waals surface area contributed by atoms with E-state index in [4.69, 9.17) is 0 Å². The Morgan fingerprint density at radius 3 is 2.78 bits per heavy atom. The van der Waals surface area contributed by atoms with Crippen LogP contribution in [0.4, 0.5) is 0 Å². The molecule has 0 aliphatic heterocycles. The van der Waals surface area contributed by atoms with Gasteiger partial charge >= 0.3 is 0 Å². The van der Waals surface area contributed by atoms with Crippen LogP contribution in [-0.4, -0.2) is 20.2 Å². The van der Waals surface area contributed by atoms with E-state index in [9.17, 15) is 0 Å². The Morgan fingerprint density at radius 1 is 1.13 bits per heavy atom. The Labute approximate surface area is 136 Å². The molecular weight excluding hydrogens is 284 g/mol. The highest BCUT2D eigenvalue weighted by Gasteiger charge is 2.26. The summed E-state index contributed by atoms with van der Waals surface area (Å²) in [6.45, 7) is 4.30. The van der Waals surface area contributed by atoms with Crippen molar-refractivity contribution in [2.24, 2.45) is 0 Å². The van der Waals surface area contributed by atoms with Crippen molar-refractivity contribution in [3.8, 4) is 11.3 Å². The van der Waals surface area contributed by atoms with Crippen molar-refractivity contribution in [3.05, 3.63) is 64.9 Å². The average Bonchev–Trinajstić information content (AvgIpc) is 3.30. The van der Waals surface area contributed by atoms with Crippen molar-refractivity contribution < 1.29 is 0 Å². The Morgan fingerprint density at radius 2 is 2.00 bits per heavy atom. The molecule has 1 aliphatic carbocycles. The van der Waals surface area contributed by atoms with Gasteiger partial charge in [0.2, 0.25) is 0 Å². The third-order valence-corrected chi connectivity index (χ3v) is 4.75. The van der Waals surface area contributed by atoms with Gasteiger partial charge in [-0.25, -0.2) is 0 Å². The fourth-order valence-electron chi connectivity index (χ4n) is 3.18. The lowest BCUT2D eigenvalue weighted by molar-refractivity contribution is 0.982. The first-order valence-electron chi connectivity index (χ1n) is 8.11. The minimum Gasteiger partial charge on any atom is -0.282 e. The van der Waals surface area contributed by atoms with E-state index in [0.717, 1.165) is 29.3 Å². The van der Waals surface area contributed by atoms with Crippen molar-refractivity contribution in [2.45, 2.75) is 39.0 Å². The molecule has 4 heteroatoms. The predicted molar refractivity (Wildman–Crippen MR) is 90.3 cm³/mol. The Balaban J connectivity index is 1.73. The van der Waals surface area contributed by atoms with Gasteiger partial charge in [-0.15, -0.1) is 0 Å². The maximum atomic E-state index is 4.64. The molecule has 0 spiro atoms. The van der Waals surface area contributed by atoms with Gasteiger partial charge in [0.05, 0.1) is 11.9 Å². The van der Waals surface area contributed by atoms with Gasteiger partial charge in [0.25, 0.3) is 0 Å². The van der Waals surface area contributed by atoms with Crippen LogP contribution in [0.15, 0.2) is 36.9 Å². The first kappa shape index (κ1) is 14.1. The lowest BCUT2D eigenvalue weighted by Crippen LogP contribution is -1.98. The second-order valence-electron chi connectivity index (χ2n) is 6.39. The number of aromatic amines is 1. The standard InChI is InChI=1S/C19H20N4/c1-12-5-7-20-10-15(12)9-18-17(11-22-23-18)19-13(2)16(6-8-21-19)14-3-4-14/h5-8,10-11,14H,3-4,9H2,1-2H3,(H,22,23). The number of hydrogen-bond donors (Lipinski definition) is 1. The van der Waals surface area contributed by atoms with Crippen LogP contribution in [-0.2, 0) is 6.42 Å². The third-order valence-electron chi connectivity index (χ3n) is 4.75. The van der Waals surface area contributed by atoms with Gasteiger partial charge in [-0.3, -0.25) is 15.1 Å². The summed E-state index contributed by atoms with van der Waals surface area (Å²) >= 11 is 0. The maximum Gasteiger partial charge on any atom is 0.0768 e. The Hall–Kier alpha value is -2.49. The zero-order chi connectivity index (χ0) is 15.8. The van der Waals surface area contributed by atoms with Gasteiger partial charge in [0.1, 0.15) is 0 Å². The van der Waals surface area contributed by atoms with E-state index in [0.29, 0.717) is 0 Å². The molecule has 0 saturated heterocycles. The normalized spacial score (nSPS) is 14.2. The SMILES string of the molecule is Cc1ccncc1Cc1[nH]ncc1-c1nccc(C2CC2)c1C. The molecule has 0 amide bonds. The number of aromatic nitrogens is 4. The van der Waals surface area contributed by atoms with Crippen LogP contribution in [0, 0.1) is 13.8 Å². The van der Waals surface area contributed by atoms with Crippen molar-refractivity contribution in [2.75, 3.05) is 0 Å². The maximum absolute atomic E-state index is 4.64. The zero-order valence-corrected chi connectivity index (χ0v) is 13.5. The molecule has 4 nitrogen and oxygen atoms in total. The second-order valence-corrected chi connectivity index (χ2v) is 6.39. The van der Waals surface area contributed by atoms with Crippen molar-refractivity contribution >= 4 is 0 Å². The molecule has 0 unspecified atom stereocenters. The molecule has 1 fully saturated rings. The molecule has 0 bridgehead atoms. The fraction of sp³-hybridized carbons (Fsp3) is 0.316. The number of hydrogen-bond acceptors (Lipinski definition) is 3. The smallest absolute Gasteiger partial charge is 0.0768 e. The highest BCUT2D eigenvalue weighted by molar-refractivity contribution is 5.67. The average molecular weight is 304 g/mol. The summed E-state index contributed by atoms with van der Waals surface area (Å²) in [6.07, 6.45) is 11.0. The van der Waals surface area contributed by atoms with Crippen LogP contribution in [0.25, 0.3) is 11.3 Å².